The maximum absolute atomic E-state index is 13.8. The first-order chi connectivity index (χ1) is 8.58. The number of hydrogen-bond donors (Lipinski definition) is 2. The lowest BCUT2D eigenvalue weighted by Crippen LogP contribution is -2.42. The van der Waals surface area contributed by atoms with Gasteiger partial charge in [-0.05, 0) is 23.8 Å². The van der Waals surface area contributed by atoms with Crippen molar-refractivity contribution in [3.05, 3.63) is 71.3 Å². The van der Waals surface area contributed by atoms with E-state index in [1.807, 2.05) is 0 Å². The van der Waals surface area contributed by atoms with Gasteiger partial charge in [0, 0.05) is 5.56 Å². The fourth-order valence-corrected chi connectivity index (χ4v) is 1.90. The van der Waals surface area contributed by atoms with Crippen molar-refractivity contribution in [3.8, 4) is 0 Å². The van der Waals surface area contributed by atoms with Crippen LogP contribution in [0.15, 0.2) is 48.5 Å². The van der Waals surface area contributed by atoms with Crippen molar-refractivity contribution in [3.63, 3.8) is 0 Å². The lowest BCUT2D eigenvalue weighted by atomic mass is 9.84. The SMILES string of the molecule is NC(CO)(c1ccc(F)cc1)c1ccccc1F. The van der Waals surface area contributed by atoms with Crippen LogP contribution in [0.25, 0.3) is 0 Å². The number of aliphatic hydroxyl groups excluding tert-OH is 1. The van der Waals surface area contributed by atoms with E-state index in [1.54, 1.807) is 12.1 Å². The molecule has 3 N–H and O–H groups in total. The van der Waals surface area contributed by atoms with Crippen molar-refractivity contribution in [1.29, 1.82) is 0 Å². The van der Waals surface area contributed by atoms with Crippen molar-refractivity contribution in [2.24, 2.45) is 5.73 Å². The molecule has 4 heteroatoms. The molecule has 2 rings (SSSR count). The van der Waals surface area contributed by atoms with Crippen LogP contribution in [0.2, 0.25) is 0 Å². The van der Waals surface area contributed by atoms with Gasteiger partial charge < -0.3 is 10.8 Å². The number of nitrogens with two attached hydrogens (primary N) is 1. The lowest BCUT2D eigenvalue weighted by Gasteiger charge is -2.28. The van der Waals surface area contributed by atoms with Gasteiger partial charge in [-0.3, -0.25) is 0 Å². The van der Waals surface area contributed by atoms with Gasteiger partial charge in [0.25, 0.3) is 0 Å². The molecular formula is C14H13F2NO. The molecule has 0 aliphatic rings. The fraction of sp³-hybridized carbons (Fsp3) is 0.143. The Kier molecular flexibility index (Phi) is 3.41. The van der Waals surface area contributed by atoms with Gasteiger partial charge >= 0.3 is 0 Å². The van der Waals surface area contributed by atoms with E-state index in [0.29, 0.717) is 5.56 Å². The largest absolute Gasteiger partial charge is 0.394 e. The second-order valence-electron chi connectivity index (χ2n) is 4.12. The summed E-state index contributed by atoms with van der Waals surface area (Å²) in [5.74, 6) is -0.911. The first-order valence-electron chi connectivity index (χ1n) is 5.49. The Hall–Kier alpha value is -1.78. The molecule has 94 valence electrons. The molecule has 0 amide bonds. The number of halogens is 2. The number of hydrogen-bond acceptors (Lipinski definition) is 2. The zero-order valence-electron chi connectivity index (χ0n) is 9.61. The van der Waals surface area contributed by atoms with E-state index in [0.717, 1.165) is 0 Å². The van der Waals surface area contributed by atoms with Crippen molar-refractivity contribution in [2.75, 3.05) is 6.61 Å². The lowest BCUT2D eigenvalue weighted by molar-refractivity contribution is 0.220. The van der Waals surface area contributed by atoms with Crippen LogP contribution >= 0.6 is 0 Å². The quantitative estimate of drug-likeness (QED) is 0.875. The summed E-state index contributed by atoms with van der Waals surface area (Å²) < 4.78 is 26.7. The average molecular weight is 249 g/mol. The zero-order chi connectivity index (χ0) is 13.2. The molecule has 0 aliphatic carbocycles. The Balaban J connectivity index is 2.55. The summed E-state index contributed by atoms with van der Waals surface area (Å²) in [5, 5.41) is 9.50. The van der Waals surface area contributed by atoms with E-state index in [9.17, 15) is 13.9 Å². The minimum Gasteiger partial charge on any atom is -0.394 e. The van der Waals surface area contributed by atoms with Crippen molar-refractivity contribution < 1.29 is 13.9 Å². The second kappa shape index (κ2) is 4.84. The molecule has 0 heterocycles. The highest BCUT2D eigenvalue weighted by Crippen LogP contribution is 2.28. The molecule has 0 aromatic heterocycles. The van der Waals surface area contributed by atoms with Gasteiger partial charge in [-0.1, -0.05) is 30.3 Å². The highest BCUT2D eigenvalue weighted by Gasteiger charge is 2.31. The summed E-state index contributed by atoms with van der Waals surface area (Å²) in [5.41, 5.74) is 5.34. The normalized spacial score (nSPS) is 14.2. The minimum atomic E-state index is -1.38. The van der Waals surface area contributed by atoms with E-state index in [4.69, 9.17) is 5.73 Å². The van der Waals surface area contributed by atoms with Gasteiger partial charge in [-0.25, -0.2) is 8.78 Å². The Morgan fingerprint density at radius 3 is 2.17 bits per heavy atom. The molecule has 0 radical (unpaired) electrons. The van der Waals surface area contributed by atoms with E-state index in [1.165, 1.54) is 36.4 Å². The standard InChI is InChI=1S/C14H13F2NO/c15-11-7-5-10(6-8-11)14(17,9-18)12-3-1-2-4-13(12)16/h1-8,18H,9,17H2. The molecule has 1 atom stereocenters. The molecule has 0 bridgehead atoms. The van der Waals surface area contributed by atoms with E-state index in [-0.39, 0.29) is 5.56 Å². The van der Waals surface area contributed by atoms with Crippen LogP contribution in [0.5, 0.6) is 0 Å². The molecule has 1 unspecified atom stereocenters. The van der Waals surface area contributed by atoms with E-state index in [2.05, 4.69) is 0 Å². The van der Waals surface area contributed by atoms with E-state index < -0.39 is 23.8 Å². The van der Waals surface area contributed by atoms with Gasteiger partial charge in [0.15, 0.2) is 0 Å². The number of benzene rings is 2. The average Bonchev–Trinajstić information content (AvgIpc) is 2.39. The monoisotopic (exact) mass is 249 g/mol. The van der Waals surface area contributed by atoms with Crippen LogP contribution in [-0.2, 0) is 5.54 Å². The van der Waals surface area contributed by atoms with Gasteiger partial charge in [0.05, 0.1) is 12.1 Å². The van der Waals surface area contributed by atoms with Gasteiger partial charge in [-0.15, -0.1) is 0 Å². The smallest absolute Gasteiger partial charge is 0.128 e. The third-order valence-corrected chi connectivity index (χ3v) is 2.96. The summed E-state index contributed by atoms with van der Waals surface area (Å²) in [4.78, 5) is 0. The predicted octanol–water partition coefficient (Wildman–Crippen LogP) is 2.16. The Labute approximate surface area is 104 Å². The van der Waals surface area contributed by atoms with Gasteiger partial charge in [0.2, 0.25) is 0 Å². The van der Waals surface area contributed by atoms with Crippen LogP contribution in [0.3, 0.4) is 0 Å². The Morgan fingerprint density at radius 1 is 1.00 bits per heavy atom. The summed E-state index contributed by atoms with van der Waals surface area (Å²) in [7, 11) is 0. The number of aliphatic hydroxyl groups is 1. The Morgan fingerprint density at radius 2 is 1.61 bits per heavy atom. The molecule has 2 nitrogen and oxygen atoms in total. The number of rotatable bonds is 3. The van der Waals surface area contributed by atoms with Crippen molar-refractivity contribution in [2.45, 2.75) is 5.54 Å². The summed E-state index contributed by atoms with van der Waals surface area (Å²) >= 11 is 0. The van der Waals surface area contributed by atoms with Crippen LogP contribution in [0.4, 0.5) is 8.78 Å². The molecular weight excluding hydrogens is 236 g/mol. The van der Waals surface area contributed by atoms with Gasteiger partial charge in [-0.2, -0.15) is 0 Å². The summed E-state index contributed by atoms with van der Waals surface area (Å²) in [6, 6.07) is 11.3. The van der Waals surface area contributed by atoms with Crippen LogP contribution in [0, 0.1) is 11.6 Å². The highest BCUT2D eigenvalue weighted by molar-refractivity contribution is 5.38. The topological polar surface area (TPSA) is 46.2 Å². The molecule has 2 aromatic carbocycles. The van der Waals surface area contributed by atoms with Crippen molar-refractivity contribution in [1.82, 2.24) is 0 Å². The molecule has 0 saturated carbocycles. The predicted molar refractivity (Wildman–Crippen MR) is 64.9 cm³/mol. The second-order valence-corrected chi connectivity index (χ2v) is 4.12. The molecule has 0 aliphatic heterocycles. The summed E-state index contributed by atoms with van der Waals surface area (Å²) in [6.07, 6.45) is 0. The fourth-order valence-electron chi connectivity index (χ4n) is 1.90. The van der Waals surface area contributed by atoms with Gasteiger partial charge in [0.1, 0.15) is 11.6 Å². The molecule has 0 fully saturated rings. The third kappa shape index (κ3) is 2.12. The first kappa shape index (κ1) is 12.7. The Bertz CT molecular complexity index is 542. The van der Waals surface area contributed by atoms with Crippen LogP contribution in [0.1, 0.15) is 11.1 Å². The maximum Gasteiger partial charge on any atom is 0.128 e. The zero-order valence-corrected chi connectivity index (χ0v) is 9.61. The van der Waals surface area contributed by atoms with E-state index >= 15 is 0 Å². The molecule has 0 saturated heterocycles. The molecule has 2 aromatic rings. The molecule has 18 heavy (non-hydrogen) atoms. The van der Waals surface area contributed by atoms with Crippen molar-refractivity contribution >= 4 is 0 Å². The third-order valence-electron chi connectivity index (χ3n) is 2.96. The minimum absolute atomic E-state index is 0.180. The highest BCUT2D eigenvalue weighted by atomic mass is 19.1. The molecule has 0 spiro atoms. The van der Waals surface area contributed by atoms with Crippen LogP contribution in [-0.4, -0.2) is 11.7 Å². The maximum atomic E-state index is 13.8. The first-order valence-corrected chi connectivity index (χ1v) is 5.49. The van der Waals surface area contributed by atoms with Crippen LogP contribution < -0.4 is 5.73 Å². The summed E-state index contributed by atoms with van der Waals surface area (Å²) in [6.45, 7) is -0.473.